The average molecular weight is 237 g/mol. The monoisotopic (exact) mass is 237 g/mol. The summed E-state index contributed by atoms with van der Waals surface area (Å²) >= 11 is 0. The molecule has 0 heterocycles. The third kappa shape index (κ3) is 4.47. The minimum Gasteiger partial charge on any atom is -0.491 e. The molecule has 94 valence electrons. The summed E-state index contributed by atoms with van der Waals surface area (Å²) < 4.78 is 18.7. The van der Waals surface area contributed by atoms with Crippen LogP contribution in [0.15, 0.2) is 30.9 Å². The number of rotatable bonds is 7. The lowest BCUT2D eigenvalue weighted by Crippen LogP contribution is -2.14. The van der Waals surface area contributed by atoms with Crippen molar-refractivity contribution in [2.24, 2.45) is 0 Å². The molecule has 1 rings (SSSR count). The molecule has 1 aromatic rings. The van der Waals surface area contributed by atoms with Crippen LogP contribution in [-0.4, -0.2) is 12.6 Å². The summed E-state index contributed by atoms with van der Waals surface area (Å²) in [6.45, 7) is 8.06. The van der Waals surface area contributed by atoms with Gasteiger partial charge in [-0.2, -0.15) is 0 Å². The summed E-state index contributed by atoms with van der Waals surface area (Å²) in [5, 5.41) is 3.24. The second-order valence-corrected chi connectivity index (χ2v) is 3.99. The summed E-state index contributed by atoms with van der Waals surface area (Å²) in [6.07, 6.45) is 3.82. The number of benzene rings is 1. The van der Waals surface area contributed by atoms with Crippen molar-refractivity contribution in [2.75, 3.05) is 11.9 Å². The van der Waals surface area contributed by atoms with Crippen molar-refractivity contribution in [1.82, 2.24) is 0 Å². The number of hydrogen-bond acceptors (Lipinski definition) is 2. The fourth-order valence-corrected chi connectivity index (χ4v) is 1.59. The van der Waals surface area contributed by atoms with Crippen molar-refractivity contribution in [2.45, 2.75) is 32.7 Å². The van der Waals surface area contributed by atoms with Gasteiger partial charge in [-0.3, -0.25) is 0 Å². The van der Waals surface area contributed by atoms with Crippen LogP contribution < -0.4 is 10.1 Å². The minimum absolute atomic E-state index is 0.297. The third-order valence-electron chi connectivity index (χ3n) is 2.45. The van der Waals surface area contributed by atoms with E-state index in [0.29, 0.717) is 18.4 Å². The Balaban J connectivity index is 2.60. The molecule has 0 spiro atoms. The van der Waals surface area contributed by atoms with Crippen LogP contribution in [0.4, 0.5) is 10.1 Å². The van der Waals surface area contributed by atoms with E-state index >= 15 is 0 Å². The second kappa shape index (κ2) is 6.94. The molecule has 0 fully saturated rings. The Morgan fingerprint density at radius 3 is 2.88 bits per heavy atom. The predicted molar refractivity (Wildman–Crippen MR) is 70.1 cm³/mol. The third-order valence-corrected chi connectivity index (χ3v) is 2.45. The quantitative estimate of drug-likeness (QED) is 0.724. The van der Waals surface area contributed by atoms with Crippen molar-refractivity contribution in [1.29, 1.82) is 0 Å². The number of nitrogens with one attached hydrogen (secondary N) is 1. The van der Waals surface area contributed by atoms with Gasteiger partial charge in [0.2, 0.25) is 0 Å². The van der Waals surface area contributed by atoms with Gasteiger partial charge in [0.1, 0.15) is 0 Å². The van der Waals surface area contributed by atoms with Gasteiger partial charge in [0.25, 0.3) is 0 Å². The summed E-state index contributed by atoms with van der Waals surface area (Å²) in [5.41, 5.74) is 0.780. The molecule has 0 aromatic heterocycles. The van der Waals surface area contributed by atoms with Gasteiger partial charge in [-0.15, -0.1) is 6.58 Å². The Kier molecular flexibility index (Phi) is 5.53. The molecule has 0 aliphatic carbocycles. The van der Waals surface area contributed by atoms with E-state index in [9.17, 15) is 4.39 Å². The van der Waals surface area contributed by atoms with E-state index in [-0.39, 0.29) is 5.82 Å². The summed E-state index contributed by atoms with van der Waals surface area (Å²) in [4.78, 5) is 0. The van der Waals surface area contributed by atoms with Crippen molar-refractivity contribution in [3.63, 3.8) is 0 Å². The van der Waals surface area contributed by atoms with E-state index in [1.807, 2.05) is 19.1 Å². The van der Waals surface area contributed by atoms with Gasteiger partial charge >= 0.3 is 0 Å². The highest BCUT2D eigenvalue weighted by Crippen LogP contribution is 2.22. The zero-order chi connectivity index (χ0) is 12.7. The zero-order valence-corrected chi connectivity index (χ0v) is 10.5. The van der Waals surface area contributed by atoms with Crippen molar-refractivity contribution in [3.8, 4) is 5.75 Å². The SMILES string of the molecule is C=CCCC(C)Nc1ccc(OCC)c(F)c1. The maximum absolute atomic E-state index is 13.6. The van der Waals surface area contributed by atoms with Crippen molar-refractivity contribution >= 4 is 5.69 Å². The highest BCUT2D eigenvalue weighted by Gasteiger charge is 2.06. The van der Waals surface area contributed by atoms with E-state index < -0.39 is 0 Å². The molecule has 0 bridgehead atoms. The molecule has 2 nitrogen and oxygen atoms in total. The molecule has 1 atom stereocenters. The zero-order valence-electron chi connectivity index (χ0n) is 10.5. The van der Waals surface area contributed by atoms with Crippen LogP contribution in [0, 0.1) is 5.82 Å². The normalized spacial score (nSPS) is 11.9. The van der Waals surface area contributed by atoms with E-state index in [4.69, 9.17) is 4.74 Å². The molecule has 17 heavy (non-hydrogen) atoms. The standard InChI is InChI=1S/C14H20FNO/c1-4-6-7-11(3)16-12-8-9-14(17-5-2)13(15)10-12/h4,8-11,16H,1,5-7H2,2-3H3. The number of allylic oxidation sites excluding steroid dienone is 1. The van der Waals surface area contributed by atoms with Gasteiger partial charge in [-0.05, 0) is 38.8 Å². The average Bonchev–Trinajstić information content (AvgIpc) is 2.30. The van der Waals surface area contributed by atoms with Crippen LogP contribution in [0.2, 0.25) is 0 Å². The largest absolute Gasteiger partial charge is 0.491 e. The Labute approximate surface area is 102 Å². The van der Waals surface area contributed by atoms with Crippen LogP contribution in [-0.2, 0) is 0 Å². The Morgan fingerprint density at radius 1 is 1.53 bits per heavy atom. The van der Waals surface area contributed by atoms with Crippen molar-refractivity contribution < 1.29 is 9.13 Å². The van der Waals surface area contributed by atoms with Gasteiger partial charge in [-0.25, -0.2) is 4.39 Å². The van der Waals surface area contributed by atoms with Gasteiger partial charge in [0.05, 0.1) is 6.61 Å². The maximum Gasteiger partial charge on any atom is 0.167 e. The highest BCUT2D eigenvalue weighted by atomic mass is 19.1. The first-order chi connectivity index (χ1) is 8.17. The molecule has 1 N–H and O–H groups in total. The molecular formula is C14H20FNO. The number of hydrogen-bond donors (Lipinski definition) is 1. The first kappa shape index (κ1) is 13.6. The lowest BCUT2D eigenvalue weighted by molar-refractivity contribution is 0.321. The summed E-state index contributed by atoms with van der Waals surface area (Å²) in [5.74, 6) is -0.0236. The number of ether oxygens (including phenoxy) is 1. The van der Waals surface area contributed by atoms with Gasteiger partial charge < -0.3 is 10.1 Å². The van der Waals surface area contributed by atoms with Crippen LogP contribution in [0.25, 0.3) is 0 Å². The lowest BCUT2D eigenvalue weighted by atomic mass is 10.1. The topological polar surface area (TPSA) is 21.3 Å². The second-order valence-electron chi connectivity index (χ2n) is 3.99. The number of anilines is 1. The van der Waals surface area contributed by atoms with E-state index in [2.05, 4.69) is 18.8 Å². The first-order valence-corrected chi connectivity index (χ1v) is 5.97. The molecule has 0 aliphatic rings. The van der Waals surface area contributed by atoms with Crippen LogP contribution in [0.5, 0.6) is 5.75 Å². The summed E-state index contributed by atoms with van der Waals surface area (Å²) in [7, 11) is 0. The first-order valence-electron chi connectivity index (χ1n) is 5.97. The van der Waals surface area contributed by atoms with Crippen LogP contribution in [0.1, 0.15) is 26.7 Å². The van der Waals surface area contributed by atoms with Gasteiger partial charge in [-0.1, -0.05) is 6.08 Å². The Bertz CT molecular complexity index is 365. The van der Waals surface area contributed by atoms with Gasteiger partial charge in [0, 0.05) is 17.8 Å². The number of halogens is 1. The Morgan fingerprint density at radius 2 is 2.29 bits per heavy atom. The van der Waals surface area contributed by atoms with E-state index in [0.717, 1.165) is 18.5 Å². The van der Waals surface area contributed by atoms with Crippen LogP contribution >= 0.6 is 0 Å². The molecule has 0 aliphatic heterocycles. The van der Waals surface area contributed by atoms with Gasteiger partial charge in [0.15, 0.2) is 11.6 Å². The van der Waals surface area contributed by atoms with Crippen LogP contribution in [0.3, 0.4) is 0 Å². The fraction of sp³-hybridized carbons (Fsp3) is 0.429. The molecular weight excluding hydrogens is 217 g/mol. The molecule has 1 aromatic carbocycles. The molecule has 1 unspecified atom stereocenters. The maximum atomic E-state index is 13.6. The molecule has 3 heteroatoms. The molecule has 0 radical (unpaired) electrons. The predicted octanol–water partition coefficient (Wildman–Crippen LogP) is 3.99. The van der Waals surface area contributed by atoms with E-state index in [1.54, 1.807) is 6.07 Å². The highest BCUT2D eigenvalue weighted by molar-refractivity contribution is 5.47. The van der Waals surface area contributed by atoms with E-state index in [1.165, 1.54) is 6.07 Å². The summed E-state index contributed by atoms with van der Waals surface area (Å²) in [6, 6.07) is 5.25. The smallest absolute Gasteiger partial charge is 0.167 e. The molecule has 0 saturated heterocycles. The van der Waals surface area contributed by atoms with Crippen molar-refractivity contribution in [3.05, 3.63) is 36.7 Å². The molecule has 0 saturated carbocycles. The Hall–Kier alpha value is -1.51. The lowest BCUT2D eigenvalue weighted by Gasteiger charge is -2.15. The minimum atomic E-state index is -0.326. The fourth-order valence-electron chi connectivity index (χ4n) is 1.59. The molecule has 0 amide bonds.